The first-order valence-corrected chi connectivity index (χ1v) is 10.3. The molecule has 148 valence electrons. The summed E-state index contributed by atoms with van der Waals surface area (Å²) in [6.07, 6.45) is 0. The van der Waals surface area contributed by atoms with Crippen molar-refractivity contribution < 1.29 is 19.1 Å². The highest BCUT2D eigenvalue weighted by atomic mass is 79.9. The van der Waals surface area contributed by atoms with E-state index >= 15 is 0 Å². The molecule has 0 aliphatic heterocycles. The molecule has 2 aromatic carbocycles. The Bertz CT molecular complexity index is 825. The zero-order valence-corrected chi connectivity index (χ0v) is 18.0. The largest absolute Gasteiger partial charge is 0.455 e. The van der Waals surface area contributed by atoms with E-state index in [1.807, 2.05) is 43.3 Å². The Hall–Kier alpha value is -2.32. The molecule has 0 saturated heterocycles. The molecule has 2 rings (SSSR count). The van der Waals surface area contributed by atoms with Crippen LogP contribution in [0.5, 0.6) is 0 Å². The van der Waals surface area contributed by atoms with E-state index in [-0.39, 0.29) is 18.2 Å². The van der Waals surface area contributed by atoms with Gasteiger partial charge in [-0.1, -0.05) is 33.6 Å². The van der Waals surface area contributed by atoms with Crippen LogP contribution in [0.3, 0.4) is 0 Å². The molecule has 2 aromatic rings. The van der Waals surface area contributed by atoms with Crippen LogP contribution in [-0.2, 0) is 19.1 Å². The van der Waals surface area contributed by atoms with E-state index < -0.39 is 18.5 Å². The molecule has 0 aliphatic carbocycles. The lowest BCUT2D eigenvalue weighted by Gasteiger charge is -2.16. The number of esters is 1. The van der Waals surface area contributed by atoms with Gasteiger partial charge < -0.3 is 15.0 Å². The Balaban J connectivity index is 1.69. The molecule has 0 saturated carbocycles. The van der Waals surface area contributed by atoms with Gasteiger partial charge in [-0.2, -0.15) is 0 Å². The summed E-state index contributed by atoms with van der Waals surface area (Å²) in [7, 11) is 1.49. The fourth-order valence-corrected chi connectivity index (χ4v) is 3.07. The van der Waals surface area contributed by atoms with Crippen LogP contribution in [0.4, 0.5) is 5.69 Å². The average molecular weight is 465 g/mol. The maximum atomic E-state index is 12.0. The number of likely N-dealkylation sites (N-methyl/N-ethyl adjacent to an activating group) is 1. The Kier molecular flexibility index (Phi) is 8.53. The van der Waals surface area contributed by atoms with Gasteiger partial charge in [-0.15, -0.1) is 11.8 Å². The number of hydrogen-bond acceptors (Lipinski definition) is 5. The first-order valence-electron chi connectivity index (χ1n) is 8.48. The standard InChI is InChI=1S/C20H21BrN2O4S/c1-14-3-7-16(8-4-14)22-18(24)11-23(2)19(25)12-27-20(26)13-28-17-9-5-15(21)6-10-17/h3-10H,11-13H2,1-2H3,(H,22,24). The van der Waals surface area contributed by atoms with Gasteiger partial charge in [0.05, 0.1) is 12.3 Å². The lowest BCUT2D eigenvalue weighted by molar-refractivity contribution is -0.149. The van der Waals surface area contributed by atoms with E-state index in [9.17, 15) is 14.4 Å². The number of ether oxygens (including phenoxy) is 1. The number of nitrogens with one attached hydrogen (secondary N) is 1. The van der Waals surface area contributed by atoms with E-state index in [1.54, 1.807) is 12.1 Å². The Labute approximate surface area is 176 Å². The smallest absolute Gasteiger partial charge is 0.316 e. The second-order valence-electron chi connectivity index (χ2n) is 6.07. The lowest BCUT2D eigenvalue weighted by atomic mass is 10.2. The van der Waals surface area contributed by atoms with Crippen molar-refractivity contribution in [2.45, 2.75) is 11.8 Å². The van der Waals surface area contributed by atoms with Crippen LogP contribution >= 0.6 is 27.7 Å². The zero-order valence-electron chi connectivity index (χ0n) is 15.6. The predicted molar refractivity (Wildman–Crippen MR) is 113 cm³/mol. The molecule has 0 unspecified atom stereocenters. The van der Waals surface area contributed by atoms with Crippen LogP contribution in [0.15, 0.2) is 57.9 Å². The molecule has 0 radical (unpaired) electrons. The van der Waals surface area contributed by atoms with E-state index in [4.69, 9.17) is 4.74 Å². The SMILES string of the molecule is Cc1ccc(NC(=O)CN(C)C(=O)COC(=O)CSc2ccc(Br)cc2)cc1. The summed E-state index contributed by atoms with van der Waals surface area (Å²) >= 11 is 4.67. The number of nitrogens with zero attached hydrogens (tertiary/aromatic N) is 1. The molecular weight excluding hydrogens is 444 g/mol. The highest BCUT2D eigenvalue weighted by molar-refractivity contribution is 9.10. The fraction of sp³-hybridized carbons (Fsp3) is 0.250. The highest BCUT2D eigenvalue weighted by Gasteiger charge is 2.15. The molecule has 0 spiro atoms. The number of amides is 2. The normalized spacial score (nSPS) is 10.2. The molecule has 2 amide bonds. The van der Waals surface area contributed by atoms with Crippen LogP contribution < -0.4 is 5.32 Å². The summed E-state index contributed by atoms with van der Waals surface area (Å²) in [5.74, 6) is -1.15. The summed E-state index contributed by atoms with van der Waals surface area (Å²) in [4.78, 5) is 38.0. The molecule has 1 N–H and O–H groups in total. The van der Waals surface area contributed by atoms with Crippen LogP contribution in [-0.4, -0.2) is 48.6 Å². The quantitative estimate of drug-likeness (QED) is 0.477. The van der Waals surface area contributed by atoms with Gasteiger partial charge in [0.1, 0.15) is 0 Å². The number of rotatable bonds is 8. The molecule has 0 bridgehead atoms. The summed E-state index contributed by atoms with van der Waals surface area (Å²) in [5, 5.41) is 2.71. The first kappa shape index (κ1) is 22.0. The average Bonchev–Trinajstić information content (AvgIpc) is 2.67. The third kappa shape index (κ3) is 7.74. The maximum Gasteiger partial charge on any atom is 0.316 e. The van der Waals surface area contributed by atoms with Crippen molar-refractivity contribution in [1.82, 2.24) is 4.90 Å². The number of aryl methyl sites for hydroxylation is 1. The molecule has 8 heteroatoms. The van der Waals surface area contributed by atoms with Gasteiger partial charge in [0.2, 0.25) is 5.91 Å². The van der Waals surface area contributed by atoms with Gasteiger partial charge in [-0.3, -0.25) is 14.4 Å². The third-order valence-electron chi connectivity index (χ3n) is 3.67. The highest BCUT2D eigenvalue weighted by Crippen LogP contribution is 2.20. The number of thioether (sulfide) groups is 1. The number of halogens is 1. The van der Waals surface area contributed by atoms with Gasteiger partial charge in [-0.25, -0.2) is 0 Å². The third-order valence-corrected chi connectivity index (χ3v) is 5.18. The van der Waals surface area contributed by atoms with Crippen molar-refractivity contribution in [1.29, 1.82) is 0 Å². The van der Waals surface area contributed by atoms with Crippen molar-refractivity contribution in [2.75, 3.05) is 31.3 Å². The zero-order chi connectivity index (χ0) is 20.5. The van der Waals surface area contributed by atoms with Crippen LogP contribution in [0.25, 0.3) is 0 Å². The Morgan fingerprint density at radius 2 is 1.71 bits per heavy atom. The molecule has 0 aromatic heterocycles. The van der Waals surface area contributed by atoms with Crippen LogP contribution in [0, 0.1) is 6.92 Å². The van der Waals surface area contributed by atoms with Gasteiger partial charge in [0.15, 0.2) is 6.61 Å². The molecule has 6 nitrogen and oxygen atoms in total. The fourth-order valence-electron chi connectivity index (χ4n) is 2.11. The summed E-state index contributed by atoms with van der Waals surface area (Å²) in [6, 6.07) is 14.9. The number of benzene rings is 2. The van der Waals surface area contributed by atoms with Crippen molar-refractivity contribution in [3.05, 3.63) is 58.6 Å². The summed E-state index contributed by atoms with van der Waals surface area (Å²) < 4.78 is 5.95. The van der Waals surface area contributed by atoms with Gasteiger partial charge in [0.25, 0.3) is 5.91 Å². The van der Waals surface area contributed by atoms with Gasteiger partial charge in [-0.05, 0) is 43.3 Å². The second-order valence-corrected chi connectivity index (χ2v) is 8.03. The minimum atomic E-state index is -0.487. The van der Waals surface area contributed by atoms with E-state index in [0.717, 1.165) is 14.9 Å². The van der Waals surface area contributed by atoms with Gasteiger partial charge in [0, 0.05) is 22.1 Å². The number of hydrogen-bond donors (Lipinski definition) is 1. The number of anilines is 1. The van der Waals surface area contributed by atoms with Crippen molar-refractivity contribution in [3.8, 4) is 0 Å². The van der Waals surface area contributed by atoms with E-state index in [2.05, 4.69) is 21.2 Å². The van der Waals surface area contributed by atoms with E-state index in [0.29, 0.717) is 5.69 Å². The van der Waals surface area contributed by atoms with Crippen molar-refractivity contribution in [2.24, 2.45) is 0 Å². The van der Waals surface area contributed by atoms with E-state index in [1.165, 1.54) is 23.7 Å². The monoisotopic (exact) mass is 464 g/mol. The number of carbonyl (C=O) groups excluding carboxylic acids is 3. The second kappa shape index (κ2) is 10.9. The maximum absolute atomic E-state index is 12.0. The summed E-state index contributed by atoms with van der Waals surface area (Å²) in [6.45, 7) is 1.43. The lowest BCUT2D eigenvalue weighted by Crippen LogP contribution is -2.37. The van der Waals surface area contributed by atoms with Crippen molar-refractivity contribution >= 4 is 51.2 Å². The minimum absolute atomic E-state index is 0.104. The molecule has 0 atom stereocenters. The topological polar surface area (TPSA) is 75.7 Å². The Morgan fingerprint density at radius 1 is 1.07 bits per heavy atom. The number of carbonyl (C=O) groups is 3. The van der Waals surface area contributed by atoms with Crippen molar-refractivity contribution in [3.63, 3.8) is 0 Å². The molecule has 0 heterocycles. The predicted octanol–water partition coefficient (Wildman–Crippen LogP) is 3.49. The molecule has 28 heavy (non-hydrogen) atoms. The minimum Gasteiger partial charge on any atom is -0.455 e. The molecule has 0 aliphatic rings. The Morgan fingerprint density at radius 3 is 2.36 bits per heavy atom. The molecule has 0 fully saturated rings. The van der Waals surface area contributed by atoms with Crippen LogP contribution in [0.2, 0.25) is 0 Å². The summed E-state index contributed by atoms with van der Waals surface area (Å²) in [5.41, 5.74) is 1.75. The first-order chi connectivity index (χ1) is 13.3. The van der Waals surface area contributed by atoms with Crippen LogP contribution in [0.1, 0.15) is 5.56 Å². The van der Waals surface area contributed by atoms with Gasteiger partial charge >= 0.3 is 5.97 Å². The molecular formula is C20H21BrN2O4S.